The van der Waals surface area contributed by atoms with E-state index in [2.05, 4.69) is 22.6 Å². The van der Waals surface area contributed by atoms with Crippen LogP contribution >= 0.6 is 23.3 Å². The van der Waals surface area contributed by atoms with Crippen LogP contribution < -0.4 is 5.48 Å². The van der Waals surface area contributed by atoms with Crippen molar-refractivity contribution < 1.29 is 14.4 Å². The van der Waals surface area contributed by atoms with Crippen molar-refractivity contribution in [1.82, 2.24) is 14.4 Å². The van der Waals surface area contributed by atoms with Crippen molar-refractivity contribution in [2.45, 2.75) is 30.4 Å². The van der Waals surface area contributed by atoms with E-state index in [1.165, 1.54) is 10.8 Å². The van der Waals surface area contributed by atoms with E-state index in [1.54, 1.807) is 29.4 Å². The number of carbonyl (C=O) groups excluding carboxylic acids is 1. The fourth-order valence-corrected chi connectivity index (χ4v) is 4.33. The number of aromatic nitrogens is 2. The van der Waals surface area contributed by atoms with Gasteiger partial charge in [0.15, 0.2) is 6.29 Å². The molecule has 0 radical (unpaired) electrons. The molecule has 1 saturated heterocycles. The van der Waals surface area contributed by atoms with Gasteiger partial charge in [0.2, 0.25) is 0 Å². The molecule has 0 bridgehead atoms. The smallest absolute Gasteiger partial charge is 0.267 e. The molecule has 140 valence electrons. The number of hydroxylamine groups is 1. The number of thiazole rings is 1. The number of fused-ring (bicyclic) bond motifs is 1. The van der Waals surface area contributed by atoms with Gasteiger partial charge in [-0.05, 0) is 60.7 Å². The van der Waals surface area contributed by atoms with E-state index in [4.69, 9.17) is 9.57 Å². The number of benzene rings is 1. The molecule has 0 aliphatic carbocycles. The predicted octanol–water partition coefficient (Wildman–Crippen LogP) is 4.24. The molecule has 1 aliphatic rings. The van der Waals surface area contributed by atoms with Crippen LogP contribution in [-0.4, -0.2) is 27.8 Å². The third-order valence-corrected chi connectivity index (χ3v) is 5.75. The molecule has 3 heterocycles. The standard InChI is InChI=1S/C19H19N3O3S2/c23-18(21-25-19-3-1-2-10-24-19)7-4-14-8-9-22(12-14)27-15-5-6-16-17(11-15)26-13-20-16/h4-9,11-13,19H,1-3,10H2,(H,21,23)/b7-4+. The summed E-state index contributed by atoms with van der Waals surface area (Å²) in [7, 11) is 0. The largest absolute Gasteiger partial charge is 0.350 e. The Balaban J connectivity index is 1.30. The van der Waals surface area contributed by atoms with Gasteiger partial charge in [-0.15, -0.1) is 11.3 Å². The Morgan fingerprint density at radius 2 is 2.37 bits per heavy atom. The topological polar surface area (TPSA) is 65.4 Å². The lowest BCUT2D eigenvalue weighted by Gasteiger charge is -2.21. The van der Waals surface area contributed by atoms with Gasteiger partial charge < -0.3 is 4.74 Å². The Labute approximate surface area is 165 Å². The molecule has 0 saturated carbocycles. The van der Waals surface area contributed by atoms with Gasteiger partial charge in [-0.3, -0.25) is 8.77 Å². The quantitative estimate of drug-likeness (QED) is 0.494. The number of rotatable bonds is 6. The minimum Gasteiger partial charge on any atom is -0.350 e. The van der Waals surface area contributed by atoms with Crippen molar-refractivity contribution in [2.24, 2.45) is 0 Å². The average Bonchev–Trinajstić information content (AvgIpc) is 3.34. The summed E-state index contributed by atoms with van der Waals surface area (Å²) in [5.41, 5.74) is 6.23. The summed E-state index contributed by atoms with van der Waals surface area (Å²) in [6.45, 7) is 0.678. The SMILES string of the molecule is O=C(/C=C/c1ccn(Sc2ccc3ncsc3c2)c1)NOC1CCCCO1. The fourth-order valence-electron chi connectivity index (χ4n) is 2.70. The molecule has 1 N–H and O–H groups in total. The Kier molecular flexibility index (Phi) is 5.88. The van der Waals surface area contributed by atoms with Gasteiger partial charge in [0.05, 0.1) is 15.7 Å². The number of carbonyl (C=O) groups is 1. The van der Waals surface area contributed by atoms with Crippen molar-refractivity contribution in [3.63, 3.8) is 0 Å². The number of ether oxygens (including phenoxy) is 1. The normalized spacial score (nSPS) is 17.6. The lowest BCUT2D eigenvalue weighted by atomic mass is 10.2. The summed E-state index contributed by atoms with van der Waals surface area (Å²) in [6, 6.07) is 8.16. The maximum atomic E-state index is 11.9. The Morgan fingerprint density at radius 3 is 3.26 bits per heavy atom. The van der Waals surface area contributed by atoms with E-state index in [-0.39, 0.29) is 12.2 Å². The molecule has 2 aromatic heterocycles. The van der Waals surface area contributed by atoms with Crippen LogP contribution in [0.4, 0.5) is 0 Å². The molecule has 1 fully saturated rings. The fraction of sp³-hybridized carbons (Fsp3) is 0.263. The van der Waals surface area contributed by atoms with Gasteiger partial charge in [-0.1, -0.05) is 0 Å². The molecule has 0 spiro atoms. The molecular weight excluding hydrogens is 382 g/mol. The van der Waals surface area contributed by atoms with Gasteiger partial charge in [0, 0.05) is 36.4 Å². The van der Waals surface area contributed by atoms with Gasteiger partial charge in [-0.2, -0.15) is 0 Å². The molecule has 27 heavy (non-hydrogen) atoms. The highest BCUT2D eigenvalue weighted by Gasteiger charge is 2.14. The molecule has 3 aromatic rings. The summed E-state index contributed by atoms with van der Waals surface area (Å²) < 4.78 is 8.58. The first-order valence-electron chi connectivity index (χ1n) is 8.71. The van der Waals surface area contributed by atoms with Crippen LogP contribution in [0.15, 0.2) is 53.1 Å². The number of amides is 1. The number of nitrogens with one attached hydrogen (secondary N) is 1. The minimum atomic E-state index is -0.343. The van der Waals surface area contributed by atoms with Crippen LogP contribution in [0.1, 0.15) is 24.8 Å². The zero-order valence-electron chi connectivity index (χ0n) is 14.5. The summed E-state index contributed by atoms with van der Waals surface area (Å²) in [4.78, 5) is 22.5. The molecule has 8 heteroatoms. The maximum absolute atomic E-state index is 11.9. The lowest BCUT2D eigenvalue weighted by Crippen LogP contribution is -2.32. The summed E-state index contributed by atoms with van der Waals surface area (Å²) in [5.74, 6) is -0.305. The Bertz CT molecular complexity index is 944. The Morgan fingerprint density at radius 1 is 1.41 bits per heavy atom. The molecule has 1 aromatic carbocycles. The summed E-state index contributed by atoms with van der Waals surface area (Å²) in [6.07, 6.45) is 9.70. The third-order valence-electron chi connectivity index (χ3n) is 4.06. The lowest BCUT2D eigenvalue weighted by molar-refractivity contribution is -0.198. The maximum Gasteiger partial charge on any atom is 0.267 e. The highest BCUT2D eigenvalue weighted by molar-refractivity contribution is 7.97. The molecule has 1 unspecified atom stereocenters. The second kappa shape index (κ2) is 8.71. The summed E-state index contributed by atoms with van der Waals surface area (Å²) >= 11 is 3.24. The molecule has 4 rings (SSSR count). The van der Waals surface area contributed by atoms with Crippen molar-refractivity contribution in [1.29, 1.82) is 0 Å². The van der Waals surface area contributed by atoms with Crippen molar-refractivity contribution >= 4 is 45.5 Å². The van der Waals surface area contributed by atoms with E-state index in [0.717, 1.165) is 35.2 Å². The van der Waals surface area contributed by atoms with Crippen LogP contribution in [-0.2, 0) is 14.4 Å². The van der Waals surface area contributed by atoms with Gasteiger partial charge in [-0.25, -0.2) is 15.3 Å². The first-order chi connectivity index (χ1) is 13.3. The molecule has 1 aliphatic heterocycles. The zero-order valence-corrected chi connectivity index (χ0v) is 16.2. The average molecular weight is 402 g/mol. The molecule has 1 amide bonds. The highest BCUT2D eigenvalue weighted by Crippen LogP contribution is 2.27. The third kappa shape index (κ3) is 4.98. The molecule has 6 nitrogen and oxygen atoms in total. The molecule has 1 atom stereocenters. The zero-order chi connectivity index (χ0) is 18.5. The van der Waals surface area contributed by atoms with E-state index >= 15 is 0 Å². The van der Waals surface area contributed by atoms with Crippen molar-refractivity contribution in [2.75, 3.05) is 6.61 Å². The first-order valence-corrected chi connectivity index (χ1v) is 10.4. The van der Waals surface area contributed by atoms with E-state index in [0.29, 0.717) is 6.61 Å². The van der Waals surface area contributed by atoms with Gasteiger partial charge in [0.1, 0.15) is 0 Å². The number of hydrogen-bond donors (Lipinski definition) is 1. The number of hydrogen-bond acceptors (Lipinski definition) is 6. The second-order valence-electron chi connectivity index (χ2n) is 6.09. The minimum absolute atomic E-state index is 0.305. The molecular formula is C19H19N3O3S2. The predicted molar refractivity (Wildman–Crippen MR) is 107 cm³/mol. The van der Waals surface area contributed by atoms with Crippen LogP contribution in [0.5, 0.6) is 0 Å². The van der Waals surface area contributed by atoms with Crippen LogP contribution in [0.25, 0.3) is 16.3 Å². The van der Waals surface area contributed by atoms with Crippen molar-refractivity contribution in [3.05, 3.63) is 53.8 Å². The Hall–Kier alpha value is -2.13. The highest BCUT2D eigenvalue weighted by atomic mass is 32.2. The van der Waals surface area contributed by atoms with E-state index in [9.17, 15) is 4.79 Å². The van der Waals surface area contributed by atoms with Crippen LogP contribution in [0, 0.1) is 0 Å². The summed E-state index contributed by atoms with van der Waals surface area (Å²) in [5, 5.41) is 0. The van der Waals surface area contributed by atoms with Crippen molar-refractivity contribution in [3.8, 4) is 0 Å². The first kappa shape index (κ1) is 18.2. The van der Waals surface area contributed by atoms with Crippen LogP contribution in [0.3, 0.4) is 0 Å². The van der Waals surface area contributed by atoms with Gasteiger partial charge in [0.25, 0.3) is 5.91 Å². The van der Waals surface area contributed by atoms with Crippen LogP contribution in [0.2, 0.25) is 0 Å². The number of nitrogens with zero attached hydrogens (tertiary/aromatic N) is 2. The van der Waals surface area contributed by atoms with E-state index < -0.39 is 0 Å². The van der Waals surface area contributed by atoms with Gasteiger partial charge >= 0.3 is 0 Å². The van der Waals surface area contributed by atoms with E-state index in [1.807, 2.05) is 34.0 Å². The monoisotopic (exact) mass is 401 g/mol. The second-order valence-corrected chi connectivity index (χ2v) is 8.05.